The van der Waals surface area contributed by atoms with E-state index in [9.17, 15) is 20.4 Å². The minimum atomic E-state index is -1.48. The Morgan fingerprint density at radius 1 is 0.808 bits per heavy atom. The Bertz CT molecular complexity index is 870. The molecule has 1 heterocycles. The largest absolute Gasteiger partial charge is 0.461 e. The predicted octanol–water partition coefficient (Wildman–Crippen LogP) is 1.17. The van der Waals surface area contributed by atoms with E-state index in [0.29, 0.717) is 5.75 Å². The number of aliphatic hydroxyl groups excluding tert-OH is 4. The summed E-state index contributed by atoms with van der Waals surface area (Å²) in [4.78, 5) is 0. The SMILES string of the molecule is OC[C@H]1O[C@@H](Oc2c3ccccc3cc3ccccc23)[C@H](O)[C@@H](O)[C@H]1O. The molecule has 136 valence electrons. The molecule has 6 nitrogen and oxygen atoms in total. The third kappa shape index (κ3) is 2.82. The van der Waals surface area contributed by atoms with Gasteiger partial charge in [-0.15, -0.1) is 0 Å². The number of rotatable bonds is 3. The number of hydrogen-bond acceptors (Lipinski definition) is 6. The van der Waals surface area contributed by atoms with Gasteiger partial charge in [0, 0.05) is 10.8 Å². The zero-order valence-corrected chi connectivity index (χ0v) is 13.9. The number of aliphatic hydroxyl groups is 4. The normalized spacial score (nSPS) is 29.2. The third-order valence-corrected chi connectivity index (χ3v) is 4.80. The van der Waals surface area contributed by atoms with Crippen LogP contribution in [0.1, 0.15) is 0 Å². The molecule has 0 unspecified atom stereocenters. The summed E-state index contributed by atoms with van der Waals surface area (Å²) in [5.41, 5.74) is 0. The average molecular weight is 356 g/mol. The number of hydrogen-bond donors (Lipinski definition) is 4. The minimum Gasteiger partial charge on any atom is -0.461 e. The smallest absolute Gasteiger partial charge is 0.229 e. The van der Waals surface area contributed by atoms with Gasteiger partial charge in [0.2, 0.25) is 6.29 Å². The molecule has 3 aromatic rings. The van der Waals surface area contributed by atoms with Crippen LogP contribution in [0.15, 0.2) is 54.6 Å². The van der Waals surface area contributed by atoms with E-state index in [-0.39, 0.29) is 0 Å². The van der Waals surface area contributed by atoms with E-state index in [1.165, 1.54) is 0 Å². The van der Waals surface area contributed by atoms with E-state index in [1.54, 1.807) is 0 Å². The maximum absolute atomic E-state index is 10.3. The van der Waals surface area contributed by atoms with Crippen LogP contribution in [0.3, 0.4) is 0 Å². The predicted molar refractivity (Wildman–Crippen MR) is 95.8 cm³/mol. The second-order valence-corrected chi connectivity index (χ2v) is 6.46. The summed E-state index contributed by atoms with van der Waals surface area (Å²) in [5, 5.41) is 43.2. The van der Waals surface area contributed by atoms with Crippen LogP contribution < -0.4 is 4.74 Å². The first kappa shape index (κ1) is 17.2. The van der Waals surface area contributed by atoms with Gasteiger partial charge in [0.05, 0.1) is 6.61 Å². The minimum absolute atomic E-state index is 0.499. The van der Waals surface area contributed by atoms with Gasteiger partial charge in [-0.25, -0.2) is 0 Å². The molecular formula is C20H20O6. The van der Waals surface area contributed by atoms with E-state index in [4.69, 9.17) is 9.47 Å². The lowest BCUT2D eigenvalue weighted by Crippen LogP contribution is -2.60. The molecule has 26 heavy (non-hydrogen) atoms. The fourth-order valence-corrected chi connectivity index (χ4v) is 3.38. The molecule has 0 saturated carbocycles. The molecular weight excluding hydrogens is 336 g/mol. The van der Waals surface area contributed by atoms with Gasteiger partial charge in [-0.2, -0.15) is 0 Å². The highest BCUT2D eigenvalue weighted by Gasteiger charge is 2.44. The Hall–Kier alpha value is -2.22. The molecule has 5 atom stereocenters. The molecule has 1 aliphatic rings. The first-order chi connectivity index (χ1) is 12.6. The molecule has 0 radical (unpaired) electrons. The summed E-state index contributed by atoms with van der Waals surface area (Å²) in [6, 6.07) is 17.4. The fourth-order valence-electron chi connectivity index (χ4n) is 3.38. The quantitative estimate of drug-likeness (QED) is 0.526. The lowest BCUT2D eigenvalue weighted by atomic mass is 9.99. The van der Waals surface area contributed by atoms with Crippen molar-refractivity contribution in [3.05, 3.63) is 54.6 Å². The van der Waals surface area contributed by atoms with Crippen LogP contribution in [0.4, 0.5) is 0 Å². The highest BCUT2D eigenvalue weighted by Crippen LogP contribution is 2.36. The third-order valence-electron chi connectivity index (χ3n) is 4.80. The molecule has 0 aromatic heterocycles. The van der Waals surface area contributed by atoms with Crippen molar-refractivity contribution < 1.29 is 29.9 Å². The summed E-state index contributed by atoms with van der Waals surface area (Å²) in [6.45, 7) is -0.499. The van der Waals surface area contributed by atoms with Gasteiger partial charge in [-0.3, -0.25) is 0 Å². The highest BCUT2D eigenvalue weighted by atomic mass is 16.7. The highest BCUT2D eigenvalue weighted by molar-refractivity contribution is 6.05. The number of benzene rings is 3. The molecule has 0 aliphatic carbocycles. The van der Waals surface area contributed by atoms with Gasteiger partial charge in [-0.05, 0) is 16.8 Å². The maximum atomic E-state index is 10.3. The number of ether oxygens (including phenoxy) is 2. The van der Waals surface area contributed by atoms with Gasteiger partial charge < -0.3 is 29.9 Å². The molecule has 0 bridgehead atoms. The Balaban J connectivity index is 1.80. The summed E-state index contributed by atoms with van der Waals surface area (Å²) >= 11 is 0. The molecule has 0 spiro atoms. The molecule has 1 aliphatic heterocycles. The van der Waals surface area contributed by atoms with Gasteiger partial charge in [0.15, 0.2) is 0 Å². The molecule has 4 rings (SSSR count). The Kier molecular flexibility index (Phi) is 4.52. The van der Waals surface area contributed by atoms with E-state index < -0.39 is 37.3 Å². The molecule has 1 fully saturated rings. The molecule has 0 amide bonds. The maximum Gasteiger partial charge on any atom is 0.229 e. The topological polar surface area (TPSA) is 99.4 Å². The van der Waals surface area contributed by atoms with Crippen molar-refractivity contribution in [1.29, 1.82) is 0 Å². The van der Waals surface area contributed by atoms with Crippen molar-refractivity contribution in [3.63, 3.8) is 0 Å². The van der Waals surface area contributed by atoms with Gasteiger partial charge in [-0.1, -0.05) is 48.5 Å². The van der Waals surface area contributed by atoms with Crippen molar-refractivity contribution >= 4 is 21.5 Å². The number of fused-ring (bicyclic) bond motifs is 2. The van der Waals surface area contributed by atoms with E-state index >= 15 is 0 Å². The van der Waals surface area contributed by atoms with E-state index in [2.05, 4.69) is 0 Å². The van der Waals surface area contributed by atoms with Gasteiger partial charge in [0.1, 0.15) is 30.2 Å². The first-order valence-corrected chi connectivity index (χ1v) is 8.48. The zero-order chi connectivity index (χ0) is 18.3. The second-order valence-electron chi connectivity index (χ2n) is 6.46. The lowest BCUT2D eigenvalue weighted by Gasteiger charge is -2.39. The van der Waals surface area contributed by atoms with E-state index in [0.717, 1.165) is 21.5 Å². The summed E-state index contributed by atoms with van der Waals surface area (Å²) in [5.74, 6) is 0.517. The molecule has 4 N–H and O–H groups in total. The van der Waals surface area contributed by atoms with Crippen molar-refractivity contribution in [1.82, 2.24) is 0 Å². The first-order valence-electron chi connectivity index (χ1n) is 8.48. The summed E-state index contributed by atoms with van der Waals surface area (Å²) in [6.07, 6.45) is -6.59. The molecule has 3 aromatic carbocycles. The monoisotopic (exact) mass is 356 g/mol. The van der Waals surface area contributed by atoms with Crippen LogP contribution in [0, 0.1) is 0 Å². The van der Waals surface area contributed by atoms with Crippen LogP contribution in [-0.2, 0) is 4.74 Å². The lowest BCUT2D eigenvalue weighted by molar-refractivity contribution is -0.277. The molecule has 1 saturated heterocycles. The van der Waals surface area contributed by atoms with Crippen molar-refractivity contribution in [2.45, 2.75) is 30.7 Å². The van der Waals surface area contributed by atoms with Crippen molar-refractivity contribution in [2.24, 2.45) is 0 Å². The van der Waals surface area contributed by atoms with Crippen molar-refractivity contribution in [2.75, 3.05) is 6.61 Å². The standard InChI is InChI=1S/C20H20O6/c21-10-15-16(22)17(23)18(24)20(25-15)26-19-13-7-3-1-5-11(13)9-12-6-2-4-8-14(12)19/h1-9,15-18,20-24H,10H2/t15-,16+,17+,18-,20+/m1/s1. The van der Waals surface area contributed by atoms with Crippen LogP contribution in [0.5, 0.6) is 5.75 Å². The average Bonchev–Trinajstić information content (AvgIpc) is 2.68. The second kappa shape index (κ2) is 6.83. The zero-order valence-electron chi connectivity index (χ0n) is 13.9. The fraction of sp³-hybridized carbons (Fsp3) is 0.300. The Morgan fingerprint density at radius 2 is 1.38 bits per heavy atom. The van der Waals surface area contributed by atoms with Gasteiger partial charge >= 0.3 is 0 Å². The Morgan fingerprint density at radius 3 is 1.96 bits per heavy atom. The van der Waals surface area contributed by atoms with Crippen molar-refractivity contribution in [3.8, 4) is 5.75 Å². The summed E-state index contributed by atoms with van der Waals surface area (Å²) < 4.78 is 11.5. The van der Waals surface area contributed by atoms with Crippen LogP contribution in [0.2, 0.25) is 0 Å². The van der Waals surface area contributed by atoms with E-state index in [1.807, 2.05) is 54.6 Å². The molecule has 6 heteroatoms. The van der Waals surface area contributed by atoms with Gasteiger partial charge in [0.25, 0.3) is 0 Å². The Labute approximate surface area is 149 Å². The summed E-state index contributed by atoms with van der Waals surface area (Å²) in [7, 11) is 0. The van der Waals surface area contributed by atoms with Crippen LogP contribution >= 0.6 is 0 Å². The van der Waals surface area contributed by atoms with Crippen LogP contribution in [0.25, 0.3) is 21.5 Å². The van der Waals surface area contributed by atoms with Crippen LogP contribution in [-0.4, -0.2) is 57.7 Å².